The topological polar surface area (TPSA) is 9.23 Å². The summed E-state index contributed by atoms with van der Waals surface area (Å²) in [5.41, 5.74) is -3.68. The summed E-state index contributed by atoms with van der Waals surface area (Å²) in [5.74, 6) is -1.11. The van der Waals surface area contributed by atoms with Crippen LogP contribution in [-0.4, -0.2) is 0 Å². The second-order valence-corrected chi connectivity index (χ2v) is 9.76. The molecule has 10 rings (SSSR count). The van der Waals surface area contributed by atoms with Crippen molar-refractivity contribution in [2.45, 2.75) is 0 Å². The van der Waals surface area contributed by atoms with E-state index in [1.54, 1.807) is 0 Å². The van der Waals surface area contributed by atoms with Crippen LogP contribution >= 0.6 is 0 Å². The lowest BCUT2D eigenvalue weighted by molar-refractivity contribution is 0.493. The summed E-state index contributed by atoms with van der Waals surface area (Å²) in [4.78, 5) is 0. The lowest BCUT2D eigenvalue weighted by atomic mass is 9.87. The van der Waals surface area contributed by atoms with Crippen molar-refractivity contribution in [3.05, 3.63) is 145 Å². The molecule has 0 amide bonds. The van der Waals surface area contributed by atoms with Crippen LogP contribution in [0.25, 0.3) is 87.2 Å². The summed E-state index contributed by atoms with van der Waals surface area (Å²) >= 11 is 0. The van der Waals surface area contributed by atoms with E-state index in [1.165, 1.54) is 0 Å². The predicted molar refractivity (Wildman–Crippen MR) is 182 cm³/mol. The van der Waals surface area contributed by atoms with E-state index < -0.39 is 222 Å². The van der Waals surface area contributed by atoms with Gasteiger partial charge in [-0.15, -0.1) is 0 Å². The Balaban J connectivity index is 1.40. The van der Waals surface area contributed by atoms with E-state index in [2.05, 4.69) is 0 Å². The van der Waals surface area contributed by atoms with E-state index in [0.29, 0.717) is 0 Å². The van der Waals surface area contributed by atoms with Gasteiger partial charge in [0, 0.05) is 16.3 Å². The maximum Gasteiger partial charge on any atom is 0.143 e. The van der Waals surface area contributed by atoms with Crippen molar-refractivity contribution >= 4 is 53.9 Å². The van der Waals surface area contributed by atoms with Crippen molar-refractivity contribution in [2.24, 2.45) is 0 Å². The van der Waals surface area contributed by atoms with Crippen LogP contribution in [0.2, 0.25) is 0 Å². The van der Waals surface area contributed by atoms with Gasteiger partial charge in [0.05, 0.1) is 32.9 Å². The molecule has 9 aromatic carbocycles. The van der Waals surface area contributed by atoms with Crippen LogP contribution < -0.4 is 4.74 Å². The molecule has 0 saturated carbocycles. The van der Waals surface area contributed by atoms with E-state index in [9.17, 15) is 11.0 Å². The third-order valence-electron chi connectivity index (χ3n) is 7.50. The van der Waals surface area contributed by atoms with Crippen LogP contribution in [0.15, 0.2) is 145 Å². The van der Waals surface area contributed by atoms with Gasteiger partial charge in [-0.1, -0.05) is 127 Å². The third kappa shape index (κ3) is 3.17. The average molecular weight is 569 g/mol. The molecule has 0 aliphatic carbocycles. The van der Waals surface area contributed by atoms with E-state index in [1.807, 2.05) is 0 Å². The summed E-state index contributed by atoms with van der Waals surface area (Å²) in [6, 6.07) is -19.1. The van der Waals surface area contributed by atoms with E-state index in [0.717, 1.165) is 0 Å². The molecule has 0 radical (unpaired) electrons. The highest BCUT2D eigenvalue weighted by atomic mass is 16.5. The standard InChI is InChI=1S/C42H24O/c1-2-11-33-25(6-1)16-21-37-35-13-5-12-34-32(22-23-38(41(34)35)43-42(33)37)30-10-4-9-29(24-30)31-19-17-28-15-14-26-7-3-8-27-18-20-36(31)40(28)39(26)27/h1-24H/i1D,2D,3D,4D,5D,6D,7D,8D,9D,10D,11D,12D,13D,14D,15D,16D,17D,18D,19D,20D,21D,22D,23D,24D. The van der Waals surface area contributed by atoms with Crippen molar-refractivity contribution in [3.63, 3.8) is 0 Å². The molecule has 1 heteroatoms. The van der Waals surface area contributed by atoms with Crippen LogP contribution in [0.3, 0.4) is 0 Å². The molecule has 1 nitrogen and oxygen atoms in total. The normalized spacial score (nSPS) is 20.2. The first kappa shape index (κ1) is 9.97. The molecule has 43 heavy (non-hydrogen) atoms. The fourth-order valence-corrected chi connectivity index (χ4v) is 5.62. The molecule has 0 aromatic heterocycles. The number of hydrogen-bond donors (Lipinski definition) is 0. The van der Waals surface area contributed by atoms with Gasteiger partial charge in [-0.25, -0.2) is 0 Å². The van der Waals surface area contributed by atoms with Gasteiger partial charge in [-0.3, -0.25) is 0 Å². The molecule has 9 aromatic rings. The van der Waals surface area contributed by atoms with Crippen molar-refractivity contribution in [2.75, 3.05) is 0 Å². The van der Waals surface area contributed by atoms with Gasteiger partial charge >= 0.3 is 0 Å². The Morgan fingerprint density at radius 1 is 0.372 bits per heavy atom. The van der Waals surface area contributed by atoms with E-state index >= 15 is 0 Å². The van der Waals surface area contributed by atoms with E-state index in [-0.39, 0.29) is 21.5 Å². The van der Waals surface area contributed by atoms with Gasteiger partial charge in [-0.2, -0.15) is 0 Å². The first-order chi connectivity index (χ1) is 31.3. The van der Waals surface area contributed by atoms with Crippen LogP contribution in [0, 0.1) is 0 Å². The summed E-state index contributed by atoms with van der Waals surface area (Å²) in [6.45, 7) is 0. The molecule has 0 atom stereocenters. The van der Waals surface area contributed by atoms with Gasteiger partial charge in [-0.05, 0) is 89.0 Å². The number of ether oxygens (including phenoxy) is 1. The van der Waals surface area contributed by atoms with Gasteiger partial charge in [0.2, 0.25) is 0 Å². The Hall–Kier alpha value is -5.66. The molecule has 0 bridgehead atoms. The van der Waals surface area contributed by atoms with Crippen molar-refractivity contribution in [1.82, 2.24) is 0 Å². The Labute approximate surface area is 282 Å². The first-order valence-corrected chi connectivity index (χ1v) is 12.9. The second-order valence-electron chi connectivity index (χ2n) is 9.76. The smallest absolute Gasteiger partial charge is 0.143 e. The Morgan fingerprint density at radius 3 is 1.81 bits per heavy atom. The van der Waals surface area contributed by atoms with Gasteiger partial charge in [0.25, 0.3) is 0 Å². The minimum absolute atomic E-state index is 0.244. The van der Waals surface area contributed by atoms with Gasteiger partial charge in [0.1, 0.15) is 11.5 Å². The molecule has 0 saturated heterocycles. The highest BCUT2D eigenvalue weighted by Crippen LogP contribution is 2.51. The summed E-state index contributed by atoms with van der Waals surface area (Å²) < 4.78 is 221. The molecular formula is C42H24O. The summed E-state index contributed by atoms with van der Waals surface area (Å²) in [5, 5.41) is -3.99. The molecule has 1 aliphatic rings. The third-order valence-corrected chi connectivity index (χ3v) is 7.50. The number of rotatable bonds is 2. The molecule has 0 spiro atoms. The summed E-state index contributed by atoms with van der Waals surface area (Å²) in [6.07, 6.45) is 0. The fraction of sp³-hybridized carbons (Fsp3) is 0. The van der Waals surface area contributed by atoms with Crippen LogP contribution in [-0.2, 0) is 0 Å². The molecule has 0 N–H and O–H groups in total. The fourth-order valence-electron chi connectivity index (χ4n) is 5.62. The van der Waals surface area contributed by atoms with Gasteiger partial charge < -0.3 is 4.74 Å². The summed E-state index contributed by atoms with van der Waals surface area (Å²) in [7, 11) is 0. The monoisotopic (exact) mass is 568 g/mol. The minimum atomic E-state index is -0.981. The van der Waals surface area contributed by atoms with Crippen molar-refractivity contribution in [1.29, 1.82) is 0 Å². The molecule has 1 aliphatic heterocycles. The Morgan fingerprint density at radius 2 is 0.953 bits per heavy atom. The highest BCUT2D eigenvalue weighted by Gasteiger charge is 2.23. The minimum Gasteiger partial charge on any atom is -0.455 e. The predicted octanol–water partition coefficient (Wildman–Crippen LogP) is 12.0. The second kappa shape index (κ2) is 8.44. The zero-order valence-corrected chi connectivity index (χ0v) is 21.4. The lowest BCUT2D eigenvalue weighted by Crippen LogP contribution is -1.98. The highest BCUT2D eigenvalue weighted by molar-refractivity contribution is 6.25. The van der Waals surface area contributed by atoms with Crippen LogP contribution in [0.4, 0.5) is 0 Å². The molecule has 1 heterocycles. The lowest BCUT2D eigenvalue weighted by Gasteiger charge is -2.24. The molecular weight excluding hydrogens is 520 g/mol. The maximum atomic E-state index is 9.75. The Bertz CT molecular complexity index is 3910. The number of fused-ring (bicyclic) bond motifs is 4. The molecule has 198 valence electrons. The first-order valence-electron chi connectivity index (χ1n) is 24.9. The van der Waals surface area contributed by atoms with Gasteiger partial charge in [0.15, 0.2) is 0 Å². The number of hydrogen-bond acceptors (Lipinski definition) is 1. The van der Waals surface area contributed by atoms with Crippen molar-refractivity contribution in [3.8, 4) is 44.9 Å². The largest absolute Gasteiger partial charge is 0.455 e. The van der Waals surface area contributed by atoms with Crippen LogP contribution in [0.1, 0.15) is 32.9 Å². The van der Waals surface area contributed by atoms with Crippen LogP contribution in [0.5, 0.6) is 11.5 Å². The zero-order chi connectivity index (χ0) is 49.0. The maximum absolute atomic E-state index is 9.75. The SMILES string of the molecule is [2H]c1c([2H])c(-c2c([2H])c([2H])c3c4c(c([2H])c([2H])c([2H])c24)-c2c([2H])c([2H])c4c([2H])c([2H])c([2H])c([2H])c4c2O3)c([2H])c(-c2c([2H])c([2H])c3c([2H])c([2H])c4c([2H])c([2H])c([2H])c5c([2H])c([2H])c2c3c45)c1[2H]. The van der Waals surface area contributed by atoms with E-state index in [4.69, 9.17) is 26.7 Å². The zero-order valence-electron chi connectivity index (χ0n) is 45.4. The average Bonchev–Trinajstić information content (AvgIpc) is 3.29. The molecule has 0 fully saturated rings. The molecule has 0 unspecified atom stereocenters. The Kier molecular flexibility index (Phi) is 1.96. The van der Waals surface area contributed by atoms with Crippen molar-refractivity contribution < 1.29 is 37.6 Å². The quantitative estimate of drug-likeness (QED) is 0.188. The number of benzene rings is 9.